The third-order valence-electron chi connectivity index (χ3n) is 2.29. The van der Waals surface area contributed by atoms with Crippen molar-refractivity contribution in [2.75, 3.05) is 43.9 Å². The van der Waals surface area contributed by atoms with Crippen LogP contribution < -0.4 is 5.32 Å². The maximum Gasteiger partial charge on any atom is 0.240 e. The highest BCUT2D eigenvalue weighted by Crippen LogP contribution is 2.20. The van der Waals surface area contributed by atoms with Gasteiger partial charge < -0.3 is 10.2 Å². The third-order valence-corrected chi connectivity index (χ3v) is 4.09. The fourth-order valence-electron chi connectivity index (χ4n) is 1.43. The zero-order valence-corrected chi connectivity index (χ0v) is 13.0. The summed E-state index contributed by atoms with van der Waals surface area (Å²) in [6, 6.07) is 0. The van der Waals surface area contributed by atoms with E-state index in [9.17, 15) is 4.79 Å². The minimum absolute atomic E-state index is 0.0517. The number of amides is 1. The number of thioether (sulfide) groups is 1. The zero-order chi connectivity index (χ0) is 14.8. The molecule has 0 aliphatic carbocycles. The molecule has 1 amide bonds. The van der Waals surface area contributed by atoms with E-state index in [4.69, 9.17) is 10.2 Å². The van der Waals surface area contributed by atoms with Crippen LogP contribution in [-0.4, -0.2) is 69.0 Å². The number of nitrogens with one attached hydrogen (secondary N) is 1. The van der Waals surface area contributed by atoms with E-state index in [2.05, 4.69) is 21.6 Å². The average molecular weight is 320 g/mol. The number of aliphatic hydroxyl groups excluding tert-OH is 2. The van der Waals surface area contributed by atoms with Gasteiger partial charge >= 0.3 is 0 Å². The summed E-state index contributed by atoms with van der Waals surface area (Å²) in [5.74, 6) is 0.723. The van der Waals surface area contributed by atoms with Crippen LogP contribution in [0.25, 0.3) is 0 Å². The average Bonchev–Trinajstić information content (AvgIpc) is 2.84. The minimum atomic E-state index is -0.227. The molecule has 7 nitrogen and oxygen atoms in total. The van der Waals surface area contributed by atoms with Gasteiger partial charge in [-0.2, -0.15) is 9.36 Å². The molecule has 0 radical (unpaired) electrons. The highest BCUT2D eigenvalue weighted by atomic mass is 32.2. The van der Waals surface area contributed by atoms with Crippen LogP contribution in [0.5, 0.6) is 0 Å². The monoisotopic (exact) mass is 320 g/mol. The molecule has 0 spiro atoms. The maximum atomic E-state index is 11.8. The van der Waals surface area contributed by atoms with Crippen molar-refractivity contribution in [1.82, 2.24) is 14.3 Å². The van der Waals surface area contributed by atoms with Crippen molar-refractivity contribution in [3.63, 3.8) is 0 Å². The number of aliphatic hydroxyl groups is 2. The summed E-state index contributed by atoms with van der Waals surface area (Å²) in [5.41, 5.74) is 0. The number of hydrogen-bond donors (Lipinski definition) is 3. The summed E-state index contributed by atoms with van der Waals surface area (Å²) in [6.45, 7) is 2.79. The van der Waals surface area contributed by atoms with Gasteiger partial charge in [0.1, 0.15) is 0 Å². The lowest BCUT2D eigenvalue weighted by Crippen LogP contribution is -2.37. The van der Waals surface area contributed by atoms with Crippen LogP contribution in [0.1, 0.15) is 13.3 Å². The number of nitrogens with zero attached hydrogens (tertiary/aromatic N) is 3. The molecule has 1 aromatic rings. The Morgan fingerprint density at radius 3 is 2.70 bits per heavy atom. The van der Waals surface area contributed by atoms with Crippen molar-refractivity contribution in [2.45, 2.75) is 18.5 Å². The van der Waals surface area contributed by atoms with Crippen LogP contribution in [0, 0.1) is 0 Å². The Bertz CT molecular complexity index is 397. The minimum Gasteiger partial charge on any atom is -0.395 e. The van der Waals surface area contributed by atoms with Gasteiger partial charge in [0, 0.05) is 30.4 Å². The van der Waals surface area contributed by atoms with Crippen molar-refractivity contribution >= 4 is 34.3 Å². The van der Waals surface area contributed by atoms with Crippen molar-refractivity contribution in [3.05, 3.63) is 0 Å². The molecule has 0 atom stereocenters. The van der Waals surface area contributed by atoms with Crippen molar-refractivity contribution in [2.24, 2.45) is 0 Å². The van der Waals surface area contributed by atoms with E-state index in [1.165, 1.54) is 0 Å². The molecule has 0 bridgehead atoms. The number of hydrogen-bond acceptors (Lipinski definition) is 8. The standard InChI is InChI=1S/C11H20N4O3S2/c1-2-7-19-11-13-10(20-14-11)12-9(18)8-15(3-5-16)4-6-17/h16-17H,2-8H2,1H3,(H,12,13,14,18). The topological polar surface area (TPSA) is 98.6 Å². The first-order valence-corrected chi connectivity index (χ1v) is 8.16. The fraction of sp³-hybridized carbons (Fsp3) is 0.727. The quantitative estimate of drug-likeness (QED) is 0.532. The van der Waals surface area contributed by atoms with Crippen molar-refractivity contribution in [1.29, 1.82) is 0 Å². The first kappa shape index (κ1) is 17.3. The van der Waals surface area contributed by atoms with Crippen molar-refractivity contribution in [3.8, 4) is 0 Å². The third kappa shape index (κ3) is 6.62. The molecule has 0 aromatic carbocycles. The van der Waals surface area contributed by atoms with Crippen LogP contribution in [0.2, 0.25) is 0 Å². The molecule has 3 N–H and O–H groups in total. The summed E-state index contributed by atoms with van der Waals surface area (Å²) in [7, 11) is 0. The lowest BCUT2D eigenvalue weighted by molar-refractivity contribution is -0.117. The van der Waals surface area contributed by atoms with Gasteiger partial charge in [-0.1, -0.05) is 18.7 Å². The van der Waals surface area contributed by atoms with Gasteiger partial charge in [0.05, 0.1) is 19.8 Å². The number of anilines is 1. The SMILES string of the molecule is CCCSc1nsc(NC(=O)CN(CCO)CCO)n1. The highest BCUT2D eigenvalue weighted by molar-refractivity contribution is 7.99. The van der Waals surface area contributed by atoms with E-state index in [1.54, 1.807) is 16.7 Å². The molecule has 1 aromatic heterocycles. The van der Waals surface area contributed by atoms with Gasteiger partial charge in [-0.3, -0.25) is 15.0 Å². The Balaban J connectivity index is 2.42. The molecular formula is C11H20N4O3S2. The van der Waals surface area contributed by atoms with E-state index in [-0.39, 0.29) is 25.7 Å². The largest absolute Gasteiger partial charge is 0.395 e. The zero-order valence-electron chi connectivity index (χ0n) is 11.4. The molecule has 0 aliphatic rings. The van der Waals surface area contributed by atoms with Gasteiger partial charge in [0.25, 0.3) is 0 Å². The van der Waals surface area contributed by atoms with Gasteiger partial charge in [0.2, 0.25) is 16.2 Å². The van der Waals surface area contributed by atoms with E-state index in [0.29, 0.717) is 23.4 Å². The molecule has 1 heterocycles. The predicted octanol–water partition coefficient (Wildman–Crippen LogP) is 0.265. The second-order valence-corrected chi connectivity index (χ2v) is 5.82. The highest BCUT2D eigenvalue weighted by Gasteiger charge is 2.12. The van der Waals surface area contributed by atoms with E-state index >= 15 is 0 Å². The number of carbonyl (C=O) groups excluding carboxylic acids is 1. The summed E-state index contributed by atoms with van der Waals surface area (Å²) in [4.78, 5) is 17.7. The number of aromatic nitrogens is 2. The Morgan fingerprint density at radius 2 is 2.10 bits per heavy atom. The van der Waals surface area contributed by atoms with Crippen LogP contribution in [0.15, 0.2) is 5.16 Å². The molecule has 1 rings (SSSR count). The van der Waals surface area contributed by atoms with Crippen LogP contribution >= 0.6 is 23.3 Å². The lowest BCUT2D eigenvalue weighted by atomic mass is 10.4. The maximum absolute atomic E-state index is 11.8. The number of carbonyl (C=O) groups is 1. The smallest absolute Gasteiger partial charge is 0.240 e. The molecule has 0 saturated heterocycles. The molecular weight excluding hydrogens is 300 g/mol. The Hall–Kier alpha value is -0.740. The summed E-state index contributed by atoms with van der Waals surface area (Å²) < 4.78 is 4.14. The summed E-state index contributed by atoms with van der Waals surface area (Å²) in [5, 5.41) is 21.6. The second-order valence-electron chi connectivity index (χ2n) is 4.00. The predicted molar refractivity (Wildman–Crippen MR) is 80.2 cm³/mol. The molecule has 0 unspecified atom stereocenters. The van der Waals surface area contributed by atoms with Gasteiger partial charge in [0.15, 0.2) is 0 Å². The molecule has 20 heavy (non-hydrogen) atoms. The summed E-state index contributed by atoms with van der Waals surface area (Å²) in [6.07, 6.45) is 1.04. The Labute approximate surface area is 126 Å². The van der Waals surface area contributed by atoms with E-state index < -0.39 is 0 Å². The lowest BCUT2D eigenvalue weighted by Gasteiger charge is -2.18. The van der Waals surface area contributed by atoms with Gasteiger partial charge in [-0.15, -0.1) is 0 Å². The van der Waals surface area contributed by atoms with Crippen molar-refractivity contribution < 1.29 is 15.0 Å². The summed E-state index contributed by atoms with van der Waals surface area (Å²) >= 11 is 2.71. The first-order chi connectivity index (χ1) is 9.69. The van der Waals surface area contributed by atoms with Crippen LogP contribution in [-0.2, 0) is 4.79 Å². The van der Waals surface area contributed by atoms with E-state index in [1.807, 2.05) is 0 Å². The molecule has 9 heteroatoms. The molecule has 0 saturated carbocycles. The van der Waals surface area contributed by atoms with Gasteiger partial charge in [-0.25, -0.2) is 0 Å². The van der Waals surface area contributed by atoms with E-state index in [0.717, 1.165) is 23.7 Å². The Morgan fingerprint density at radius 1 is 1.40 bits per heavy atom. The van der Waals surface area contributed by atoms with Gasteiger partial charge in [-0.05, 0) is 6.42 Å². The Kier molecular flexibility index (Phi) is 8.70. The molecule has 0 fully saturated rings. The van der Waals surface area contributed by atoms with Crippen LogP contribution in [0.3, 0.4) is 0 Å². The number of rotatable bonds is 10. The molecule has 114 valence electrons. The fourth-order valence-corrected chi connectivity index (χ4v) is 2.84. The second kappa shape index (κ2) is 10.1. The van der Waals surface area contributed by atoms with Crippen LogP contribution in [0.4, 0.5) is 5.13 Å². The molecule has 0 aliphatic heterocycles. The normalized spacial score (nSPS) is 11.0. The first-order valence-electron chi connectivity index (χ1n) is 6.40.